The van der Waals surface area contributed by atoms with Crippen molar-refractivity contribution < 1.29 is 0 Å². The summed E-state index contributed by atoms with van der Waals surface area (Å²) in [5.74, 6) is 0.890. The van der Waals surface area contributed by atoms with E-state index in [1.807, 2.05) is 0 Å². The highest BCUT2D eigenvalue weighted by molar-refractivity contribution is 4.69. The molecule has 0 radical (unpaired) electrons. The second-order valence-electron chi connectivity index (χ2n) is 4.92. The van der Waals surface area contributed by atoms with Crippen LogP contribution < -0.4 is 5.32 Å². The van der Waals surface area contributed by atoms with Crippen molar-refractivity contribution in [1.29, 1.82) is 0 Å². The van der Waals surface area contributed by atoms with Gasteiger partial charge in [0.25, 0.3) is 0 Å². The summed E-state index contributed by atoms with van der Waals surface area (Å²) in [7, 11) is 0. The number of hydrogen-bond donors (Lipinski definition) is 1. The fourth-order valence-electron chi connectivity index (χ4n) is 2.20. The van der Waals surface area contributed by atoms with E-state index >= 15 is 0 Å². The van der Waals surface area contributed by atoms with Gasteiger partial charge in [0, 0.05) is 6.04 Å². The fourth-order valence-corrected chi connectivity index (χ4v) is 2.20. The Hall–Kier alpha value is -0.0400. The molecule has 0 aliphatic heterocycles. The molecule has 0 aromatic rings. The molecule has 1 heteroatoms. The predicted octanol–water partition coefficient (Wildman–Crippen LogP) is 4.37. The quantitative estimate of drug-likeness (QED) is 0.568. The van der Waals surface area contributed by atoms with E-state index < -0.39 is 0 Å². The summed E-state index contributed by atoms with van der Waals surface area (Å²) in [5, 5.41) is 3.69. The van der Waals surface area contributed by atoms with Gasteiger partial charge in [0.15, 0.2) is 0 Å². The molecule has 0 saturated carbocycles. The first kappa shape index (κ1) is 15.0. The summed E-state index contributed by atoms with van der Waals surface area (Å²) in [6, 6.07) is 0.770. The lowest BCUT2D eigenvalue weighted by Gasteiger charge is -2.22. The Morgan fingerprint density at radius 2 is 1.67 bits per heavy atom. The van der Waals surface area contributed by atoms with Crippen LogP contribution in [0.3, 0.4) is 0 Å². The van der Waals surface area contributed by atoms with Gasteiger partial charge in [-0.2, -0.15) is 0 Å². The van der Waals surface area contributed by atoms with Crippen LogP contribution in [0.1, 0.15) is 72.6 Å². The lowest BCUT2D eigenvalue weighted by Crippen LogP contribution is -2.31. The van der Waals surface area contributed by atoms with Gasteiger partial charge in [-0.3, -0.25) is 0 Å². The normalized spacial score (nSPS) is 15.2. The first-order valence-corrected chi connectivity index (χ1v) is 6.97. The minimum absolute atomic E-state index is 0.770. The maximum atomic E-state index is 3.69. The van der Waals surface area contributed by atoms with Crippen molar-refractivity contribution in [3.05, 3.63) is 0 Å². The van der Waals surface area contributed by atoms with Gasteiger partial charge < -0.3 is 5.32 Å². The van der Waals surface area contributed by atoms with Crippen molar-refractivity contribution in [2.45, 2.75) is 78.7 Å². The molecule has 0 rings (SSSR count). The van der Waals surface area contributed by atoms with Crippen LogP contribution in [0.15, 0.2) is 0 Å². The van der Waals surface area contributed by atoms with E-state index in [-0.39, 0.29) is 0 Å². The Morgan fingerprint density at radius 1 is 0.933 bits per heavy atom. The van der Waals surface area contributed by atoms with E-state index in [4.69, 9.17) is 0 Å². The number of unbranched alkanes of at least 4 members (excludes halogenated alkanes) is 1. The Labute approximate surface area is 97.0 Å². The van der Waals surface area contributed by atoms with E-state index in [2.05, 4.69) is 33.0 Å². The highest BCUT2D eigenvalue weighted by atomic mass is 14.9. The SMILES string of the molecule is CCCCC(CC(C)CCC)NCCC. The first-order valence-electron chi connectivity index (χ1n) is 6.97. The third-order valence-electron chi connectivity index (χ3n) is 3.06. The van der Waals surface area contributed by atoms with Crippen LogP contribution in [0.2, 0.25) is 0 Å². The average Bonchev–Trinajstić information content (AvgIpc) is 2.22. The summed E-state index contributed by atoms with van der Waals surface area (Å²) in [6.45, 7) is 10.4. The monoisotopic (exact) mass is 213 g/mol. The zero-order valence-corrected chi connectivity index (χ0v) is 11.3. The highest BCUT2D eigenvalue weighted by Gasteiger charge is 2.11. The van der Waals surface area contributed by atoms with Gasteiger partial charge in [-0.05, 0) is 31.7 Å². The first-order chi connectivity index (χ1) is 7.24. The minimum atomic E-state index is 0.770. The second-order valence-corrected chi connectivity index (χ2v) is 4.92. The number of rotatable bonds is 10. The summed E-state index contributed by atoms with van der Waals surface area (Å²) in [5.41, 5.74) is 0. The Balaban J connectivity index is 3.76. The largest absolute Gasteiger partial charge is 0.314 e. The second kappa shape index (κ2) is 10.5. The van der Waals surface area contributed by atoms with Crippen LogP contribution in [0.25, 0.3) is 0 Å². The van der Waals surface area contributed by atoms with Gasteiger partial charge in [-0.1, -0.05) is 53.4 Å². The highest BCUT2D eigenvalue weighted by Crippen LogP contribution is 2.16. The molecule has 92 valence electrons. The van der Waals surface area contributed by atoms with E-state index in [9.17, 15) is 0 Å². The zero-order valence-electron chi connectivity index (χ0n) is 11.3. The number of hydrogen-bond acceptors (Lipinski definition) is 1. The Kier molecular flexibility index (Phi) is 10.4. The molecule has 0 saturated heterocycles. The summed E-state index contributed by atoms with van der Waals surface area (Å²) >= 11 is 0. The van der Waals surface area contributed by atoms with E-state index in [0.717, 1.165) is 12.0 Å². The molecule has 2 unspecified atom stereocenters. The van der Waals surface area contributed by atoms with Gasteiger partial charge in [0.05, 0.1) is 0 Å². The maximum absolute atomic E-state index is 3.69. The topological polar surface area (TPSA) is 12.0 Å². The molecular formula is C14H31N. The molecule has 0 bridgehead atoms. The minimum Gasteiger partial charge on any atom is -0.314 e. The van der Waals surface area contributed by atoms with Crippen molar-refractivity contribution >= 4 is 0 Å². The standard InChI is InChI=1S/C14H31N/c1-5-8-10-14(15-11-7-3)12-13(4)9-6-2/h13-15H,5-12H2,1-4H3. The average molecular weight is 213 g/mol. The van der Waals surface area contributed by atoms with Crippen LogP contribution in [-0.4, -0.2) is 12.6 Å². The van der Waals surface area contributed by atoms with Crippen molar-refractivity contribution in [2.75, 3.05) is 6.54 Å². The number of nitrogens with one attached hydrogen (secondary N) is 1. The third-order valence-corrected chi connectivity index (χ3v) is 3.06. The molecule has 0 aliphatic rings. The summed E-state index contributed by atoms with van der Waals surface area (Å²) in [6.07, 6.45) is 9.40. The molecule has 0 spiro atoms. The molecule has 0 heterocycles. The molecule has 0 aromatic carbocycles. The predicted molar refractivity (Wildman–Crippen MR) is 70.3 cm³/mol. The molecule has 0 aliphatic carbocycles. The van der Waals surface area contributed by atoms with Crippen LogP contribution in [0.5, 0.6) is 0 Å². The lowest BCUT2D eigenvalue weighted by atomic mass is 9.94. The molecular weight excluding hydrogens is 182 g/mol. The summed E-state index contributed by atoms with van der Waals surface area (Å²) in [4.78, 5) is 0. The zero-order chi connectivity index (χ0) is 11.5. The van der Waals surface area contributed by atoms with Gasteiger partial charge in [0.2, 0.25) is 0 Å². The molecule has 0 amide bonds. The van der Waals surface area contributed by atoms with Crippen molar-refractivity contribution in [1.82, 2.24) is 5.32 Å². The van der Waals surface area contributed by atoms with Gasteiger partial charge in [-0.15, -0.1) is 0 Å². The molecule has 15 heavy (non-hydrogen) atoms. The molecule has 1 nitrogen and oxygen atoms in total. The summed E-state index contributed by atoms with van der Waals surface area (Å²) < 4.78 is 0. The van der Waals surface area contributed by atoms with E-state index in [1.165, 1.54) is 51.5 Å². The van der Waals surface area contributed by atoms with Gasteiger partial charge >= 0.3 is 0 Å². The fraction of sp³-hybridized carbons (Fsp3) is 1.00. The van der Waals surface area contributed by atoms with Gasteiger partial charge in [-0.25, -0.2) is 0 Å². The van der Waals surface area contributed by atoms with Crippen LogP contribution in [-0.2, 0) is 0 Å². The smallest absolute Gasteiger partial charge is 0.00695 e. The van der Waals surface area contributed by atoms with Gasteiger partial charge in [0.1, 0.15) is 0 Å². The van der Waals surface area contributed by atoms with Crippen LogP contribution in [0, 0.1) is 5.92 Å². The molecule has 0 fully saturated rings. The van der Waals surface area contributed by atoms with Crippen LogP contribution in [0.4, 0.5) is 0 Å². The van der Waals surface area contributed by atoms with Crippen LogP contribution >= 0.6 is 0 Å². The third kappa shape index (κ3) is 8.92. The maximum Gasteiger partial charge on any atom is 0.00695 e. The Morgan fingerprint density at radius 3 is 2.20 bits per heavy atom. The molecule has 0 aromatic heterocycles. The molecule has 1 N–H and O–H groups in total. The van der Waals surface area contributed by atoms with E-state index in [0.29, 0.717) is 0 Å². The van der Waals surface area contributed by atoms with E-state index in [1.54, 1.807) is 0 Å². The Bertz CT molecular complexity index is 115. The molecule has 2 atom stereocenters. The van der Waals surface area contributed by atoms with Crippen molar-refractivity contribution in [2.24, 2.45) is 5.92 Å². The lowest BCUT2D eigenvalue weighted by molar-refractivity contribution is 0.361. The van der Waals surface area contributed by atoms with Crippen molar-refractivity contribution in [3.8, 4) is 0 Å². The van der Waals surface area contributed by atoms with Crippen molar-refractivity contribution in [3.63, 3.8) is 0 Å².